The Morgan fingerprint density at radius 2 is 1.83 bits per heavy atom. The van der Waals surface area contributed by atoms with Gasteiger partial charge in [-0.3, -0.25) is 24.2 Å². The van der Waals surface area contributed by atoms with Gasteiger partial charge >= 0.3 is 5.97 Å². The van der Waals surface area contributed by atoms with Gasteiger partial charge < -0.3 is 37.2 Å². The second-order valence-electron chi connectivity index (χ2n) is 8.30. The molecule has 35 heavy (non-hydrogen) atoms. The van der Waals surface area contributed by atoms with Crippen LogP contribution in [0.5, 0.6) is 0 Å². The number of hydrogen-bond donors (Lipinski definition) is 6. The quantitative estimate of drug-likeness (QED) is 0.186. The topological polar surface area (TPSA) is 218 Å². The highest BCUT2D eigenvalue weighted by atomic mass is 19.1. The number of carboxylic acid groups (broad SMARTS) is 1. The van der Waals surface area contributed by atoms with Crippen LogP contribution in [0.3, 0.4) is 0 Å². The number of aromatic nitrogens is 1. The van der Waals surface area contributed by atoms with Gasteiger partial charge in [-0.1, -0.05) is 0 Å². The molecule has 0 aliphatic carbocycles. The van der Waals surface area contributed by atoms with Crippen LogP contribution in [0.2, 0.25) is 0 Å². The molecule has 0 radical (unpaired) electrons. The van der Waals surface area contributed by atoms with Crippen molar-refractivity contribution in [3.8, 4) is 0 Å². The Labute approximate surface area is 200 Å². The van der Waals surface area contributed by atoms with Gasteiger partial charge in [-0.05, 0) is 24.6 Å². The Morgan fingerprint density at radius 3 is 2.37 bits per heavy atom. The molecule has 14 heteroatoms. The van der Waals surface area contributed by atoms with Crippen LogP contribution in [0.15, 0.2) is 24.5 Å². The molecule has 2 heterocycles. The summed E-state index contributed by atoms with van der Waals surface area (Å²) in [5.41, 5.74) is 11.3. The van der Waals surface area contributed by atoms with E-state index in [2.05, 4.69) is 15.6 Å². The Balaban J connectivity index is 2.27. The summed E-state index contributed by atoms with van der Waals surface area (Å²) in [4.78, 5) is 65.9. The lowest BCUT2D eigenvalue weighted by Crippen LogP contribution is -2.58. The standard InChI is InChI=1S/C21H29FN6O7/c1-10(29)17(24)19(32)26-13(6-11-2-4-25-5-3-11)20(33)28-9-12(22)7-15(28)18(31)27-14(21(34)35)8-16(23)30/h2-5,10,12-15,17,29H,6-9,24H2,1H3,(H2,23,30)(H,26,32)(H,27,31)(H,34,35)/t10-,12-,13+,14+,15+,17+/m1/s1. The second kappa shape index (κ2) is 12.2. The molecule has 1 aromatic rings. The summed E-state index contributed by atoms with van der Waals surface area (Å²) in [5, 5.41) is 23.4. The number of aliphatic hydroxyl groups excluding tert-OH is 1. The molecule has 0 bridgehead atoms. The monoisotopic (exact) mass is 496 g/mol. The van der Waals surface area contributed by atoms with Gasteiger partial charge in [-0.2, -0.15) is 0 Å². The van der Waals surface area contributed by atoms with Crippen LogP contribution in [0.1, 0.15) is 25.3 Å². The molecule has 0 saturated carbocycles. The first kappa shape index (κ1) is 27.6. The minimum atomic E-state index is -1.66. The third-order valence-electron chi connectivity index (χ3n) is 5.48. The fraction of sp³-hybridized carbons (Fsp3) is 0.524. The zero-order chi connectivity index (χ0) is 26.3. The van der Waals surface area contributed by atoms with E-state index in [0.717, 1.165) is 4.90 Å². The highest BCUT2D eigenvalue weighted by molar-refractivity contribution is 5.95. The van der Waals surface area contributed by atoms with Gasteiger partial charge in [0.05, 0.1) is 19.1 Å². The molecule has 1 aromatic heterocycles. The van der Waals surface area contributed by atoms with E-state index in [1.54, 1.807) is 12.1 Å². The number of carboxylic acids is 1. The smallest absolute Gasteiger partial charge is 0.326 e. The number of nitrogens with one attached hydrogen (secondary N) is 2. The van der Waals surface area contributed by atoms with E-state index in [4.69, 9.17) is 11.5 Å². The first-order valence-corrected chi connectivity index (χ1v) is 10.8. The van der Waals surface area contributed by atoms with Gasteiger partial charge in [-0.15, -0.1) is 0 Å². The number of amides is 4. The minimum absolute atomic E-state index is 0.0547. The normalized spacial score (nSPS) is 20.9. The van der Waals surface area contributed by atoms with Crippen LogP contribution in [0.25, 0.3) is 0 Å². The predicted molar refractivity (Wildman–Crippen MR) is 118 cm³/mol. The molecule has 1 fully saturated rings. The van der Waals surface area contributed by atoms with Crippen LogP contribution in [0.4, 0.5) is 4.39 Å². The number of aliphatic hydroxyl groups is 1. The molecular weight excluding hydrogens is 467 g/mol. The van der Waals surface area contributed by atoms with Crippen molar-refractivity contribution in [1.29, 1.82) is 0 Å². The summed E-state index contributed by atoms with van der Waals surface area (Å²) in [7, 11) is 0. The summed E-state index contributed by atoms with van der Waals surface area (Å²) in [6.07, 6.45) is -1.04. The van der Waals surface area contributed by atoms with Crippen molar-refractivity contribution in [2.24, 2.45) is 11.5 Å². The van der Waals surface area contributed by atoms with Crippen LogP contribution in [0, 0.1) is 0 Å². The summed E-state index contributed by atoms with van der Waals surface area (Å²) in [6, 6.07) is -2.50. The third-order valence-corrected chi connectivity index (χ3v) is 5.48. The van der Waals surface area contributed by atoms with Crippen molar-refractivity contribution >= 4 is 29.6 Å². The summed E-state index contributed by atoms with van der Waals surface area (Å²) in [5.74, 6) is -5.14. The van der Waals surface area contributed by atoms with Crippen molar-refractivity contribution in [3.05, 3.63) is 30.1 Å². The summed E-state index contributed by atoms with van der Waals surface area (Å²) < 4.78 is 14.3. The maximum Gasteiger partial charge on any atom is 0.326 e. The Hall–Kier alpha value is -3.65. The van der Waals surface area contributed by atoms with Crippen LogP contribution in [-0.4, -0.2) is 92.7 Å². The van der Waals surface area contributed by atoms with Gasteiger partial charge in [0.2, 0.25) is 23.6 Å². The number of primary amides is 1. The molecule has 8 N–H and O–H groups in total. The fourth-order valence-corrected chi connectivity index (χ4v) is 3.59. The van der Waals surface area contributed by atoms with Gasteiger partial charge in [-0.25, -0.2) is 9.18 Å². The zero-order valence-corrected chi connectivity index (χ0v) is 19.0. The lowest BCUT2D eigenvalue weighted by molar-refractivity contribution is -0.146. The molecule has 1 saturated heterocycles. The van der Waals surface area contributed by atoms with Crippen molar-refractivity contribution < 1.29 is 38.6 Å². The molecule has 6 atom stereocenters. The van der Waals surface area contributed by atoms with Crippen LogP contribution >= 0.6 is 0 Å². The van der Waals surface area contributed by atoms with E-state index in [1.165, 1.54) is 19.3 Å². The maximum absolute atomic E-state index is 14.3. The minimum Gasteiger partial charge on any atom is -0.480 e. The molecular formula is C21H29FN6O7. The largest absolute Gasteiger partial charge is 0.480 e. The fourth-order valence-electron chi connectivity index (χ4n) is 3.59. The van der Waals surface area contributed by atoms with Gasteiger partial charge in [0.1, 0.15) is 30.3 Å². The SMILES string of the molecule is C[C@@H](O)[C@H](N)C(=O)N[C@@H](Cc1ccncc1)C(=O)N1C[C@H](F)C[C@H]1C(=O)N[C@@H](CC(N)=O)C(=O)O. The lowest BCUT2D eigenvalue weighted by atomic mass is 10.0. The molecule has 1 aliphatic heterocycles. The van der Waals surface area contributed by atoms with E-state index in [0.29, 0.717) is 5.56 Å². The molecule has 13 nitrogen and oxygen atoms in total. The number of likely N-dealkylation sites (tertiary alicyclic amines) is 1. The zero-order valence-electron chi connectivity index (χ0n) is 19.0. The number of halogens is 1. The van der Waals surface area contributed by atoms with Crippen LogP contribution in [-0.2, 0) is 30.4 Å². The average Bonchev–Trinajstić information content (AvgIpc) is 3.19. The molecule has 192 valence electrons. The summed E-state index contributed by atoms with van der Waals surface area (Å²) >= 11 is 0. The number of hydrogen-bond acceptors (Lipinski definition) is 8. The van der Waals surface area contributed by atoms with Crippen molar-refractivity contribution in [2.75, 3.05) is 6.54 Å². The van der Waals surface area contributed by atoms with Crippen molar-refractivity contribution in [1.82, 2.24) is 20.5 Å². The van der Waals surface area contributed by atoms with E-state index in [-0.39, 0.29) is 6.42 Å². The number of carbonyl (C=O) groups excluding carboxylic acids is 4. The number of aliphatic carboxylic acids is 1. The first-order chi connectivity index (χ1) is 16.4. The average molecular weight is 496 g/mol. The highest BCUT2D eigenvalue weighted by Gasteiger charge is 2.43. The predicted octanol–water partition coefficient (Wildman–Crippen LogP) is -2.80. The number of nitrogens with zero attached hydrogens (tertiary/aromatic N) is 2. The number of alkyl halides is 1. The number of carbonyl (C=O) groups is 5. The second-order valence-corrected chi connectivity index (χ2v) is 8.30. The van der Waals surface area contributed by atoms with Gasteiger partial charge in [0.25, 0.3) is 0 Å². The molecule has 0 unspecified atom stereocenters. The maximum atomic E-state index is 14.3. The van der Waals surface area contributed by atoms with Gasteiger partial charge in [0.15, 0.2) is 0 Å². The number of pyridine rings is 1. The number of nitrogens with two attached hydrogens (primary N) is 2. The molecule has 0 aromatic carbocycles. The Kier molecular flexibility index (Phi) is 9.59. The van der Waals surface area contributed by atoms with Gasteiger partial charge in [0, 0.05) is 25.2 Å². The van der Waals surface area contributed by atoms with E-state index in [9.17, 15) is 38.6 Å². The third kappa shape index (κ3) is 7.68. The Bertz CT molecular complexity index is 947. The number of rotatable bonds is 11. The highest BCUT2D eigenvalue weighted by Crippen LogP contribution is 2.23. The van der Waals surface area contributed by atoms with Crippen molar-refractivity contribution in [2.45, 2.75) is 62.6 Å². The van der Waals surface area contributed by atoms with E-state index in [1.807, 2.05) is 0 Å². The van der Waals surface area contributed by atoms with Crippen molar-refractivity contribution in [3.63, 3.8) is 0 Å². The molecule has 2 rings (SSSR count). The molecule has 1 aliphatic rings. The Morgan fingerprint density at radius 1 is 1.20 bits per heavy atom. The van der Waals surface area contributed by atoms with E-state index >= 15 is 0 Å². The van der Waals surface area contributed by atoms with Crippen LogP contribution < -0.4 is 22.1 Å². The van der Waals surface area contributed by atoms with E-state index < -0.39 is 85.4 Å². The summed E-state index contributed by atoms with van der Waals surface area (Å²) in [6.45, 7) is 0.819. The lowest BCUT2D eigenvalue weighted by Gasteiger charge is -2.30. The molecule has 4 amide bonds. The first-order valence-electron chi connectivity index (χ1n) is 10.8. The molecule has 0 spiro atoms.